The standard InChI is InChI=1S/C47H59N7O5/c1-7-53(8-2)37-20-21-41(39(32-37)42-31-35(22-23-48-42)44(56)49-40-19-12-15-33-14-9-10-18-38(33)40)50-43(55)34-16-11-17-36(30-34)45(57)51(6)26-27-52-24-13-25-54(29-28-52)46(58)59-47(3,4)5/h9-11,14,16-18,20-23,30-32,40H,7-8,12-13,15,19,24-29H2,1-6H3,(H,49,56)(H,50,55)/t40-/m0/s1. The number of anilines is 2. The van der Waals surface area contributed by atoms with Crippen LogP contribution in [0.1, 0.15) is 102 Å². The summed E-state index contributed by atoms with van der Waals surface area (Å²) >= 11 is 0. The molecule has 1 aromatic heterocycles. The van der Waals surface area contributed by atoms with Crippen LogP contribution in [0.15, 0.2) is 85.1 Å². The van der Waals surface area contributed by atoms with Gasteiger partial charge in [0, 0.05) is 87.0 Å². The van der Waals surface area contributed by atoms with Crippen LogP contribution in [0.3, 0.4) is 0 Å². The van der Waals surface area contributed by atoms with E-state index in [0.717, 1.165) is 56.6 Å². The maximum atomic E-state index is 13.9. The average molecular weight is 802 g/mol. The van der Waals surface area contributed by atoms with Crippen molar-refractivity contribution in [1.29, 1.82) is 0 Å². The van der Waals surface area contributed by atoms with E-state index >= 15 is 0 Å². The van der Waals surface area contributed by atoms with Gasteiger partial charge in [-0.2, -0.15) is 0 Å². The molecule has 1 saturated heterocycles. The highest BCUT2D eigenvalue weighted by Gasteiger charge is 2.26. The van der Waals surface area contributed by atoms with Gasteiger partial charge in [-0.25, -0.2) is 4.79 Å². The largest absolute Gasteiger partial charge is 0.444 e. The quantitative estimate of drug-likeness (QED) is 0.150. The lowest BCUT2D eigenvalue weighted by Gasteiger charge is -2.27. The minimum Gasteiger partial charge on any atom is -0.444 e. The van der Waals surface area contributed by atoms with Crippen molar-refractivity contribution >= 4 is 35.2 Å². The molecule has 0 spiro atoms. The van der Waals surface area contributed by atoms with Crippen molar-refractivity contribution in [2.75, 3.05) is 69.6 Å². The molecule has 0 unspecified atom stereocenters. The zero-order valence-electron chi connectivity index (χ0n) is 35.4. The predicted molar refractivity (Wildman–Crippen MR) is 233 cm³/mol. The molecule has 4 amide bonds. The lowest BCUT2D eigenvalue weighted by atomic mass is 9.87. The maximum Gasteiger partial charge on any atom is 0.410 e. The van der Waals surface area contributed by atoms with E-state index in [-0.39, 0.29) is 29.9 Å². The van der Waals surface area contributed by atoms with Crippen molar-refractivity contribution in [3.63, 3.8) is 0 Å². The third kappa shape index (κ3) is 11.1. The second-order valence-corrected chi connectivity index (χ2v) is 16.4. The third-order valence-electron chi connectivity index (χ3n) is 11.1. The number of carbonyl (C=O) groups is 4. The summed E-state index contributed by atoms with van der Waals surface area (Å²) < 4.78 is 5.57. The van der Waals surface area contributed by atoms with E-state index in [2.05, 4.69) is 51.4 Å². The summed E-state index contributed by atoms with van der Waals surface area (Å²) in [4.78, 5) is 66.4. The number of likely N-dealkylation sites (N-methyl/N-ethyl adjacent to an activating group) is 1. The monoisotopic (exact) mass is 801 g/mol. The summed E-state index contributed by atoms with van der Waals surface area (Å²) in [6.07, 6.45) is 5.05. The third-order valence-corrected chi connectivity index (χ3v) is 11.1. The molecule has 312 valence electrons. The van der Waals surface area contributed by atoms with E-state index in [1.165, 1.54) is 5.56 Å². The Morgan fingerprint density at radius 2 is 1.59 bits per heavy atom. The van der Waals surface area contributed by atoms with E-state index in [1.54, 1.807) is 59.4 Å². The fourth-order valence-electron chi connectivity index (χ4n) is 7.81. The van der Waals surface area contributed by atoms with Crippen molar-refractivity contribution in [1.82, 2.24) is 25.0 Å². The van der Waals surface area contributed by atoms with Gasteiger partial charge in [-0.3, -0.25) is 24.3 Å². The van der Waals surface area contributed by atoms with Gasteiger partial charge < -0.3 is 30.1 Å². The molecule has 2 heterocycles. The van der Waals surface area contributed by atoms with Gasteiger partial charge in [0.25, 0.3) is 17.7 Å². The fourth-order valence-corrected chi connectivity index (χ4v) is 7.81. The number of fused-ring (bicyclic) bond motifs is 1. The van der Waals surface area contributed by atoms with Crippen LogP contribution in [0.4, 0.5) is 16.2 Å². The maximum absolute atomic E-state index is 13.9. The minimum absolute atomic E-state index is 0.0645. The van der Waals surface area contributed by atoms with Crippen LogP contribution >= 0.6 is 0 Å². The highest BCUT2D eigenvalue weighted by atomic mass is 16.6. The smallest absolute Gasteiger partial charge is 0.410 e. The number of rotatable bonds is 12. The van der Waals surface area contributed by atoms with Gasteiger partial charge in [-0.1, -0.05) is 30.3 Å². The Kier molecular flexibility index (Phi) is 14.0. The number of carbonyl (C=O) groups excluding carboxylic acids is 4. The Labute approximate surface area is 348 Å². The summed E-state index contributed by atoms with van der Waals surface area (Å²) in [6.45, 7) is 15.2. The molecule has 0 saturated carbocycles. The number of hydrogen-bond acceptors (Lipinski definition) is 8. The topological polar surface area (TPSA) is 127 Å². The molecule has 2 aliphatic rings. The zero-order valence-corrected chi connectivity index (χ0v) is 35.4. The molecule has 0 bridgehead atoms. The molecule has 59 heavy (non-hydrogen) atoms. The van der Waals surface area contributed by atoms with Gasteiger partial charge in [0.05, 0.1) is 17.4 Å². The Balaban J connectivity index is 1.14. The highest BCUT2D eigenvalue weighted by Crippen LogP contribution is 2.33. The molecule has 0 radical (unpaired) electrons. The SMILES string of the molecule is CCN(CC)c1ccc(NC(=O)c2cccc(C(=O)N(C)CCN3CCCN(C(=O)OC(C)(C)C)CC3)c2)c(-c2cc(C(=O)N[C@H]3CCCc4ccccc43)ccn2)c1. The van der Waals surface area contributed by atoms with Crippen LogP contribution < -0.4 is 15.5 Å². The van der Waals surface area contributed by atoms with E-state index in [0.29, 0.717) is 66.4 Å². The number of nitrogens with one attached hydrogen (secondary N) is 2. The number of nitrogens with zero attached hydrogens (tertiary/aromatic N) is 5. The first-order valence-corrected chi connectivity index (χ1v) is 20.9. The molecule has 1 aliphatic carbocycles. The van der Waals surface area contributed by atoms with Gasteiger partial charge in [-0.15, -0.1) is 0 Å². The number of aromatic nitrogens is 1. The normalized spacial score (nSPS) is 15.7. The van der Waals surface area contributed by atoms with Gasteiger partial charge in [0.1, 0.15) is 5.60 Å². The van der Waals surface area contributed by atoms with Gasteiger partial charge in [0.15, 0.2) is 0 Å². The molecule has 12 nitrogen and oxygen atoms in total. The van der Waals surface area contributed by atoms with Crippen LogP contribution in [-0.4, -0.2) is 109 Å². The first kappa shape index (κ1) is 42.8. The van der Waals surface area contributed by atoms with E-state index in [1.807, 2.05) is 51.1 Å². The lowest BCUT2D eigenvalue weighted by Crippen LogP contribution is -2.40. The van der Waals surface area contributed by atoms with E-state index in [4.69, 9.17) is 4.74 Å². The van der Waals surface area contributed by atoms with Crippen LogP contribution in [0.25, 0.3) is 11.3 Å². The zero-order chi connectivity index (χ0) is 42.1. The van der Waals surface area contributed by atoms with Crippen molar-refractivity contribution in [3.8, 4) is 11.3 Å². The molecule has 6 rings (SSSR count). The molecule has 4 aromatic rings. The predicted octanol–water partition coefficient (Wildman–Crippen LogP) is 7.67. The molecular weight excluding hydrogens is 743 g/mol. The Morgan fingerprint density at radius 1 is 0.831 bits per heavy atom. The van der Waals surface area contributed by atoms with Crippen LogP contribution in [0, 0.1) is 0 Å². The van der Waals surface area contributed by atoms with Crippen LogP contribution in [0.5, 0.6) is 0 Å². The van der Waals surface area contributed by atoms with Crippen molar-refractivity contribution in [3.05, 3.63) is 113 Å². The molecule has 12 heteroatoms. The number of ether oxygens (including phenoxy) is 1. The molecule has 2 N–H and O–H groups in total. The molecular formula is C47H59N7O5. The van der Waals surface area contributed by atoms with Crippen molar-refractivity contribution in [2.24, 2.45) is 0 Å². The number of pyridine rings is 1. The number of aryl methyl sites for hydroxylation is 1. The summed E-state index contributed by atoms with van der Waals surface area (Å²) in [5.74, 6) is -0.739. The van der Waals surface area contributed by atoms with Crippen LogP contribution in [0.2, 0.25) is 0 Å². The number of amides is 4. The number of benzene rings is 3. The lowest BCUT2D eigenvalue weighted by molar-refractivity contribution is 0.0257. The molecule has 1 atom stereocenters. The summed E-state index contributed by atoms with van der Waals surface area (Å²) in [6, 6.07) is 24.3. The Morgan fingerprint density at radius 3 is 2.37 bits per heavy atom. The highest BCUT2D eigenvalue weighted by molar-refractivity contribution is 6.08. The second-order valence-electron chi connectivity index (χ2n) is 16.4. The fraction of sp³-hybridized carbons (Fsp3) is 0.426. The van der Waals surface area contributed by atoms with Crippen LogP contribution in [-0.2, 0) is 11.2 Å². The first-order chi connectivity index (χ1) is 28.3. The second kappa shape index (κ2) is 19.3. The van der Waals surface area contributed by atoms with Gasteiger partial charge in [-0.05, 0) is 127 Å². The molecule has 1 fully saturated rings. The van der Waals surface area contributed by atoms with Crippen molar-refractivity contribution < 1.29 is 23.9 Å². The first-order valence-electron chi connectivity index (χ1n) is 20.9. The van der Waals surface area contributed by atoms with Crippen molar-refractivity contribution in [2.45, 2.75) is 71.9 Å². The van der Waals surface area contributed by atoms with Gasteiger partial charge >= 0.3 is 6.09 Å². The summed E-state index contributed by atoms with van der Waals surface area (Å²) in [5.41, 5.74) is 5.86. The Hall–Kier alpha value is -5.75. The Bertz CT molecular complexity index is 2130. The minimum atomic E-state index is -0.544. The van der Waals surface area contributed by atoms with Gasteiger partial charge in [0.2, 0.25) is 0 Å². The molecule has 1 aliphatic heterocycles. The average Bonchev–Trinajstić information content (AvgIpc) is 3.49. The molecule has 3 aromatic carbocycles. The summed E-state index contributed by atoms with van der Waals surface area (Å²) in [7, 11) is 1.76. The van der Waals surface area contributed by atoms with E-state index in [9.17, 15) is 19.2 Å². The summed E-state index contributed by atoms with van der Waals surface area (Å²) in [5, 5.41) is 6.33. The van der Waals surface area contributed by atoms with E-state index < -0.39 is 5.60 Å². The number of hydrogen-bond donors (Lipinski definition) is 2.